The smallest absolute Gasteiger partial charge is 0.321 e. The molecule has 18 heavy (non-hydrogen) atoms. The van der Waals surface area contributed by atoms with E-state index in [9.17, 15) is 4.79 Å². The van der Waals surface area contributed by atoms with Crippen LogP contribution in [0.5, 0.6) is 5.75 Å². The number of methoxy groups -OCH3 is 1. The molecule has 1 rings (SSSR count). The number of benzene rings is 1. The number of para-hydroxylation sites is 2. The molecular formula is C13H21N3O2. The van der Waals surface area contributed by atoms with Crippen molar-refractivity contribution in [1.29, 1.82) is 0 Å². The molecule has 2 amide bonds. The molecule has 0 heterocycles. The lowest BCUT2D eigenvalue weighted by Crippen LogP contribution is -2.33. The minimum atomic E-state index is -0.129. The van der Waals surface area contributed by atoms with Gasteiger partial charge in [-0.25, -0.2) is 4.79 Å². The Morgan fingerprint density at radius 3 is 2.78 bits per heavy atom. The standard InChI is InChI=1S/C13H21N3O2/c1-14-9-6-10-16(2)13(17)15-11-7-4-5-8-12(11)18-3/h4-5,7-8,14H,6,9-10H2,1-3H3,(H,15,17). The summed E-state index contributed by atoms with van der Waals surface area (Å²) < 4.78 is 5.18. The van der Waals surface area contributed by atoms with E-state index in [1.165, 1.54) is 0 Å². The maximum Gasteiger partial charge on any atom is 0.321 e. The molecule has 0 saturated carbocycles. The first-order valence-corrected chi connectivity index (χ1v) is 5.98. The molecule has 0 spiro atoms. The van der Waals surface area contributed by atoms with Gasteiger partial charge in [0, 0.05) is 13.6 Å². The first-order valence-electron chi connectivity index (χ1n) is 5.98. The molecule has 1 aromatic rings. The first-order chi connectivity index (χ1) is 8.69. The van der Waals surface area contributed by atoms with Crippen LogP contribution < -0.4 is 15.4 Å². The van der Waals surface area contributed by atoms with Gasteiger partial charge in [-0.2, -0.15) is 0 Å². The highest BCUT2D eigenvalue weighted by Gasteiger charge is 2.10. The predicted octanol–water partition coefficient (Wildman–Crippen LogP) is 1.77. The van der Waals surface area contributed by atoms with Gasteiger partial charge >= 0.3 is 6.03 Å². The van der Waals surface area contributed by atoms with Crippen LogP contribution in [-0.2, 0) is 0 Å². The van der Waals surface area contributed by atoms with E-state index in [0.717, 1.165) is 13.0 Å². The maximum atomic E-state index is 11.9. The molecule has 1 aromatic carbocycles. The van der Waals surface area contributed by atoms with Crippen molar-refractivity contribution in [3.63, 3.8) is 0 Å². The number of nitrogens with one attached hydrogen (secondary N) is 2. The van der Waals surface area contributed by atoms with E-state index < -0.39 is 0 Å². The number of hydrogen-bond acceptors (Lipinski definition) is 3. The molecule has 100 valence electrons. The van der Waals surface area contributed by atoms with Gasteiger partial charge in [-0.1, -0.05) is 12.1 Å². The van der Waals surface area contributed by atoms with Gasteiger partial charge < -0.3 is 20.3 Å². The fourth-order valence-corrected chi connectivity index (χ4v) is 1.55. The van der Waals surface area contributed by atoms with Crippen molar-refractivity contribution >= 4 is 11.7 Å². The number of rotatable bonds is 6. The molecule has 0 atom stereocenters. The number of carbonyl (C=O) groups is 1. The van der Waals surface area contributed by atoms with Crippen LogP contribution in [0, 0.1) is 0 Å². The quantitative estimate of drug-likeness (QED) is 0.758. The molecule has 0 unspecified atom stereocenters. The van der Waals surface area contributed by atoms with E-state index in [4.69, 9.17) is 4.74 Å². The number of carbonyl (C=O) groups excluding carboxylic acids is 1. The highest BCUT2D eigenvalue weighted by Crippen LogP contribution is 2.23. The van der Waals surface area contributed by atoms with Gasteiger partial charge in [-0.15, -0.1) is 0 Å². The highest BCUT2D eigenvalue weighted by molar-refractivity contribution is 5.90. The fraction of sp³-hybridized carbons (Fsp3) is 0.462. The van der Waals surface area contributed by atoms with Crippen LogP contribution in [0.4, 0.5) is 10.5 Å². The minimum Gasteiger partial charge on any atom is -0.495 e. The maximum absolute atomic E-state index is 11.9. The van der Waals surface area contributed by atoms with Gasteiger partial charge in [0.25, 0.3) is 0 Å². The van der Waals surface area contributed by atoms with Crippen molar-refractivity contribution in [2.24, 2.45) is 0 Å². The molecule has 0 bridgehead atoms. The number of ether oxygens (including phenoxy) is 1. The zero-order valence-electron chi connectivity index (χ0n) is 11.2. The summed E-state index contributed by atoms with van der Waals surface area (Å²) in [5.41, 5.74) is 0.686. The summed E-state index contributed by atoms with van der Waals surface area (Å²) in [4.78, 5) is 13.6. The Bertz CT molecular complexity index is 382. The normalized spacial score (nSPS) is 9.94. The monoisotopic (exact) mass is 251 g/mol. The molecular weight excluding hydrogens is 230 g/mol. The van der Waals surface area contributed by atoms with E-state index >= 15 is 0 Å². The summed E-state index contributed by atoms with van der Waals surface area (Å²) in [6, 6.07) is 7.23. The highest BCUT2D eigenvalue weighted by atomic mass is 16.5. The second-order valence-electron chi connectivity index (χ2n) is 4.01. The topological polar surface area (TPSA) is 53.6 Å². The van der Waals surface area contributed by atoms with Crippen LogP contribution in [0.1, 0.15) is 6.42 Å². The zero-order valence-corrected chi connectivity index (χ0v) is 11.2. The number of hydrogen-bond donors (Lipinski definition) is 2. The number of amides is 2. The van der Waals surface area contributed by atoms with E-state index in [0.29, 0.717) is 18.0 Å². The van der Waals surface area contributed by atoms with E-state index in [-0.39, 0.29) is 6.03 Å². The molecule has 0 aliphatic carbocycles. The molecule has 0 aliphatic heterocycles. The molecule has 0 aliphatic rings. The van der Waals surface area contributed by atoms with E-state index in [1.54, 1.807) is 19.1 Å². The van der Waals surface area contributed by atoms with Crippen molar-refractivity contribution in [2.75, 3.05) is 39.6 Å². The lowest BCUT2D eigenvalue weighted by Gasteiger charge is -2.18. The van der Waals surface area contributed by atoms with Crippen LogP contribution in [0.3, 0.4) is 0 Å². The summed E-state index contributed by atoms with van der Waals surface area (Å²) in [6.07, 6.45) is 0.923. The van der Waals surface area contributed by atoms with Gasteiger partial charge in [0.15, 0.2) is 0 Å². The molecule has 0 saturated heterocycles. The summed E-state index contributed by atoms with van der Waals surface area (Å²) in [5.74, 6) is 0.662. The fourth-order valence-electron chi connectivity index (χ4n) is 1.55. The largest absolute Gasteiger partial charge is 0.495 e. The van der Waals surface area contributed by atoms with Crippen molar-refractivity contribution in [3.8, 4) is 5.75 Å². The van der Waals surface area contributed by atoms with E-state index in [1.807, 2.05) is 31.3 Å². The van der Waals surface area contributed by atoms with Gasteiger partial charge in [-0.05, 0) is 32.1 Å². The van der Waals surface area contributed by atoms with E-state index in [2.05, 4.69) is 10.6 Å². The van der Waals surface area contributed by atoms with Crippen LogP contribution in [0.15, 0.2) is 24.3 Å². The third-order valence-corrected chi connectivity index (χ3v) is 2.62. The average molecular weight is 251 g/mol. The second-order valence-corrected chi connectivity index (χ2v) is 4.01. The number of urea groups is 1. The van der Waals surface area contributed by atoms with Crippen molar-refractivity contribution in [3.05, 3.63) is 24.3 Å². The van der Waals surface area contributed by atoms with Crippen LogP contribution in [0.2, 0.25) is 0 Å². The first kappa shape index (κ1) is 14.3. The van der Waals surface area contributed by atoms with Crippen LogP contribution in [-0.4, -0.2) is 45.2 Å². The van der Waals surface area contributed by atoms with Gasteiger partial charge in [0.1, 0.15) is 5.75 Å². The summed E-state index contributed by atoms with van der Waals surface area (Å²) in [7, 11) is 5.26. The Morgan fingerprint density at radius 2 is 2.11 bits per heavy atom. The average Bonchev–Trinajstić information content (AvgIpc) is 2.39. The van der Waals surface area contributed by atoms with Crippen LogP contribution in [0.25, 0.3) is 0 Å². The molecule has 5 heteroatoms. The predicted molar refractivity (Wildman–Crippen MR) is 73.2 cm³/mol. The molecule has 0 fully saturated rings. The molecule has 0 aromatic heterocycles. The third kappa shape index (κ3) is 4.25. The minimum absolute atomic E-state index is 0.129. The Balaban J connectivity index is 2.53. The summed E-state index contributed by atoms with van der Waals surface area (Å²) in [5, 5.41) is 5.88. The van der Waals surface area contributed by atoms with Crippen molar-refractivity contribution < 1.29 is 9.53 Å². The Labute approximate surface area is 108 Å². The number of anilines is 1. The molecule has 2 N–H and O–H groups in total. The second kappa shape index (κ2) is 7.55. The van der Waals surface area contributed by atoms with Gasteiger partial charge in [0.2, 0.25) is 0 Å². The lowest BCUT2D eigenvalue weighted by atomic mass is 10.3. The van der Waals surface area contributed by atoms with Crippen molar-refractivity contribution in [1.82, 2.24) is 10.2 Å². The Morgan fingerprint density at radius 1 is 1.39 bits per heavy atom. The number of nitrogens with zero attached hydrogens (tertiary/aromatic N) is 1. The third-order valence-electron chi connectivity index (χ3n) is 2.62. The zero-order chi connectivity index (χ0) is 13.4. The van der Waals surface area contributed by atoms with Gasteiger partial charge in [-0.3, -0.25) is 0 Å². The van der Waals surface area contributed by atoms with Crippen LogP contribution >= 0.6 is 0 Å². The lowest BCUT2D eigenvalue weighted by molar-refractivity contribution is 0.222. The molecule has 5 nitrogen and oxygen atoms in total. The van der Waals surface area contributed by atoms with Crippen molar-refractivity contribution in [2.45, 2.75) is 6.42 Å². The Kier molecular flexibility index (Phi) is 6.00. The summed E-state index contributed by atoms with van der Waals surface area (Å²) in [6.45, 7) is 1.61. The molecule has 0 radical (unpaired) electrons. The van der Waals surface area contributed by atoms with Gasteiger partial charge in [0.05, 0.1) is 12.8 Å². The summed E-state index contributed by atoms with van der Waals surface area (Å²) >= 11 is 0. The SMILES string of the molecule is CNCCCN(C)C(=O)Nc1ccccc1OC. The Hall–Kier alpha value is -1.75.